The topological polar surface area (TPSA) is 68.0 Å². The predicted octanol–water partition coefficient (Wildman–Crippen LogP) is 3.66. The Kier molecular flexibility index (Phi) is 7.81. The van der Waals surface area contributed by atoms with Gasteiger partial charge in [-0.05, 0) is 61.3 Å². The number of rotatable bonds is 8. The third kappa shape index (κ3) is 6.43. The molecule has 2 fully saturated rings. The number of ether oxygens (including phenoxy) is 2. The van der Waals surface area contributed by atoms with Crippen molar-refractivity contribution in [2.24, 2.45) is 4.99 Å². The Morgan fingerprint density at radius 1 is 1.26 bits per heavy atom. The fraction of sp³-hybridized carbons (Fsp3) is 0.542. The first kappa shape index (κ1) is 22.1. The molecule has 6 nitrogen and oxygen atoms in total. The number of hydrogen-bond acceptors (Lipinski definition) is 5. The van der Waals surface area contributed by atoms with Crippen LogP contribution in [0.2, 0.25) is 0 Å². The van der Waals surface area contributed by atoms with Crippen LogP contribution in [0.3, 0.4) is 0 Å². The first-order valence-electron chi connectivity index (χ1n) is 11.2. The lowest BCUT2D eigenvalue weighted by molar-refractivity contribution is -0.0679. The van der Waals surface area contributed by atoms with Crippen molar-refractivity contribution in [3.63, 3.8) is 0 Å². The SMILES string of the molecule is COc1ccc(CCNC(=NCCc2ccco2)NC2CCOC3(CCSC3)C2)cc1. The third-order valence-electron chi connectivity index (χ3n) is 5.97. The van der Waals surface area contributed by atoms with E-state index in [-0.39, 0.29) is 5.60 Å². The van der Waals surface area contributed by atoms with Crippen molar-refractivity contribution in [3.8, 4) is 5.75 Å². The predicted molar refractivity (Wildman–Crippen MR) is 126 cm³/mol. The molecule has 2 atom stereocenters. The molecule has 7 heteroatoms. The summed E-state index contributed by atoms with van der Waals surface area (Å²) in [6.07, 6.45) is 6.67. The Bertz CT molecular complexity index is 817. The number of benzene rings is 1. The van der Waals surface area contributed by atoms with Gasteiger partial charge >= 0.3 is 0 Å². The van der Waals surface area contributed by atoms with Gasteiger partial charge in [-0.1, -0.05) is 12.1 Å². The molecule has 0 bridgehead atoms. The Labute approximate surface area is 189 Å². The lowest BCUT2D eigenvalue weighted by Crippen LogP contribution is -2.51. The smallest absolute Gasteiger partial charge is 0.191 e. The molecule has 1 aromatic heterocycles. The largest absolute Gasteiger partial charge is 0.497 e. The van der Waals surface area contributed by atoms with E-state index in [0.29, 0.717) is 12.6 Å². The van der Waals surface area contributed by atoms with Gasteiger partial charge in [-0.25, -0.2) is 0 Å². The molecule has 0 radical (unpaired) electrons. The number of thioether (sulfide) groups is 1. The molecule has 0 amide bonds. The van der Waals surface area contributed by atoms with Crippen molar-refractivity contribution in [2.45, 2.75) is 43.7 Å². The fourth-order valence-electron chi connectivity index (χ4n) is 4.21. The highest BCUT2D eigenvalue weighted by atomic mass is 32.2. The van der Waals surface area contributed by atoms with E-state index >= 15 is 0 Å². The van der Waals surface area contributed by atoms with E-state index in [0.717, 1.165) is 68.5 Å². The molecule has 31 heavy (non-hydrogen) atoms. The summed E-state index contributed by atoms with van der Waals surface area (Å²) >= 11 is 2.01. The normalized spacial score (nSPS) is 23.8. The minimum atomic E-state index is 0.0585. The highest BCUT2D eigenvalue weighted by Gasteiger charge is 2.40. The number of aliphatic imine (C=N–C) groups is 1. The first-order valence-corrected chi connectivity index (χ1v) is 12.3. The lowest BCUT2D eigenvalue weighted by Gasteiger charge is -2.38. The second-order valence-electron chi connectivity index (χ2n) is 8.25. The average molecular weight is 444 g/mol. The molecular weight excluding hydrogens is 410 g/mol. The van der Waals surface area contributed by atoms with E-state index in [2.05, 4.69) is 22.8 Å². The van der Waals surface area contributed by atoms with Crippen LogP contribution in [0.5, 0.6) is 5.75 Å². The first-order chi connectivity index (χ1) is 15.2. The van der Waals surface area contributed by atoms with Crippen LogP contribution in [0.25, 0.3) is 0 Å². The molecule has 2 N–H and O–H groups in total. The van der Waals surface area contributed by atoms with Crippen LogP contribution in [0.4, 0.5) is 0 Å². The van der Waals surface area contributed by atoms with E-state index in [1.807, 2.05) is 36.0 Å². The van der Waals surface area contributed by atoms with Gasteiger partial charge < -0.3 is 24.5 Å². The van der Waals surface area contributed by atoms with Gasteiger partial charge in [-0.3, -0.25) is 4.99 Å². The van der Waals surface area contributed by atoms with Crippen molar-refractivity contribution < 1.29 is 13.9 Å². The van der Waals surface area contributed by atoms with Crippen LogP contribution in [0.15, 0.2) is 52.1 Å². The van der Waals surface area contributed by atoms with E-state index in [9.17, 15) is 0 Å². The van der Waals surface area contributed by atoms with Gasteiger partial charge in [-0.15, -0.1) is 0 Å². The van der Waals surface area contributed by atoms with Gasteiger partial charge in [0.15, 0.2) is 5.96 Å². The Hall–Kier alpha value is -2.12. The lowest BCUT2D eigenvalue weighted by atomic mass is 9.90. The van der Waals surface area contributed by atoms with Gasteiger partial charge in [0.1, 0.15) is 11.5 Å². The standard InChI is InChI=1S/C24H33N3O3S/c1-28-21-6-4-19(5-7-21)8-12-25-23(26-13-9-22-3-2-14-29-22)27-20-10-15-30-24(17-20)11-16-31-18-24/h2-7,14,20H,8-13,15-18H2,1H3,(H2,25,26,27). The van der Waals surface area contributed by atoms with Gasteiger partial charge in [-0.2, -0.15) is 11.8 Å². The van der Waals surface area contributed by atoms with Gasteiger partial charge in [0.05, 0.1) is 19.0 Å². The summed E-state index contributed by atoms with van der Waals surface area (Å²) in [6, 6.07) is 12.6. The zero-order chi connectivity index (χ0) is 21.4. The summed E-state index contributed by atoms with van der Waals surface area (Å²) in [6.45, 7) is 2.34. The molecule has 3 heterocycles. The van der Waals surface area contributed by atoms with Gasteiger partial charge in [0, 0.05) is 37.9 Å². The Morgan fingerprint density at radius 2 is 2.16 bits per heavy atom. The molecule has 2 aliphatic heterocycles. The second-order valence-corrected chi connectivity index (χ2v) is 9.36. The van der Waals surface area contributed by atoms with E-state index < -0.39 is 0 Å². The summed E-state index contributed by atoms with van der Waals surface area (Å²) in [4.78, 5) is 4.83. The van der Waals surface area contributed by atoms with Gasteiger partial charge in [0.25, 0.3) is 0 Å². The highest BCUT2D eigenvalue weighted by Crippen LogP contribution is 2.38. The molecule has 2 unspecified atom stereocenters. The zero-order valence-corrected chi connectivity index (χ0v) is 19.1. The van der Waals surface area contributed by atoms with E-state index in [1.165, 1.54) is 11.3 Å². The highest BCUT2D eigenvalue weighted by molar-refractivity contribution is 7.99. The molecule has 0 saturated carbocycles. The van der Waals surface area contributed by atoms with Crippen molar-refractivity contribution in [1.82, 2.24) is 10.6 Å². The average Bonchev–Trinajstić information content (AvgIpc) is 3.47. The van der Waals surface area contributed by atoms with Crippen LogP contribution in [-0.4, -0.2) is 55.9 Å². The number of guanidine groups is 1. The Morgan fingerprint density at radius 3 is 2.90 bits per heavy atom. The molecule has 4 rings (SSSR count). The fourth-order valence-corrected chi connectivity index (χ4v) is 5.59. The maximum Gasteiger partial charge on any atom is 0.191 e. The summed E-state index contributed by atoms with van der Waals surface area (Å²) in [5.74, 6) is 5.05. The van der Waals surface area contributed by atoms with Crippen molar-refractivity contribution in [3.05, 3.63) is 54.0 Å². The molecule has 1 aromatic carbocycles. The maximum absolute atomic E-state index is 6.18. The molecule has 1 spiro atoms. The second kappa shape index (κ2) is 11.0. The summed E-state index contributed by atoms with van der Waals surface area (Å²) < 4.78 is 16.9. The number of nitrogens with zero attached hydrogens (tertiary/aromatic N) is 1. The van der Waals surface area contributed by atoms with Gasteiger partial charge in [0.2, 0.25) is 0 Å². The van der Waals surface area contributed by atoms with Crippen molar-refractivity contribution >= 4 is 17.7 Å². The minimum absolute atomic E-state index is 0.0585. The van der Waals surface area contributed by atoms with E-state index in [1.54, 1.807) is 13.4 Å². The molecule has 2 saturated heterocycles. The van der Waals surface area contributed by atoms with Crippen LogP contribution < -0.4 is 15.4 Å². The Balaban J connectivity index is 1.33. The van der Waals surface area contributed by atoms with Crippen molar-refractivity contribution in [2.75, 3.05) is 38.3 Å². The summed E-state index contributed by atoms with van der Waals surface area (Å²) in [5.41, 5.74) is 1.33. The summed E-state index contributed by atoms with van der Waals surface area (Å²) in [7, 11) is 1.69. The van der Waals surface area contributed by atoms with Crippen LogP contribution in [0.1, 0.15) is 30.6 Å². The molecule has 0 aliphatic carbocycles. The van der Waals surface area contributed by atoms with E-state index in [4.69, 9.17) is 18.9 Å². The zero-order valence-electron chi connectivity index (χ0n) is 18.3. The number of furan rings is 1. The van der Waals surface area contributed by atoms with Crippen LogP contribution >= 0.6 is 11.8 Å². The van der Waals surface area contributed by atoms with Crippen LogP contribution in [-0.2, 0) is 17.6 Å². The molecule has 2 aromatic rings. The third-order valence-corrected chi connectivity index (χ3v) is 7.20. The quantitative estimate of drug-likeness (QED) is 0.479. The number of hydrogen-bond donors (Lipinski definition) is 2. The number of nitrogens with one attached hydrogen (secondary N) is 2. The summed E-state index contributed by atoms with van der Waals surface area (Å²) in [5, 5.41) is 7.22. The molecular formula is C24H33N3O3S. The molecule has 168 valence electrons. The van der Waals surface area contributed by atoms with Crippen LogP contribution in [0, 0.1) is 0 Å². The maximum atomic E-state index is 6.18. The number of methoxy groups -OCH3 is 1. The molecule has 2 aliphatic rings. The minimum Gasteiger partial charge on any atom is -0.497 e. The monoisotopic (exact) mass is 443 g/mol. The van der Waals surface area contributed by atoms with Crippen molar-refractivity contribution in [1.29, 1.82) is 0 Å².